The molecule has 1 aromatic carbocycles. The lowest BCUT2D eigenvalue weighted by Crippen LogP contribution is -2.29. The number of hydrogen-bond donors (Lipinski definition) is 2. The highest BCUT2D eigenvalue weighted by Crippen LogP contribution is 2.41. The van der Waals surface area contributed by atoms with Gasteiger partial charge in [0.05, 0.1) is 24.5 Å². The van der Waals surface area contributed by atoms with Crippen LogP contribution in [0.5, 0.6) is 5.75 Å². The number of aryl methyl sites for hydroxylation is 1. The van der Waals surface area contributed by atoms with Crippen LogP contribution in [0.15, 0.2) is 12.1 Å². The van der Waals surface area contributed by atoms with Gasteiger partial charge in [-0.25, -0.2) is 23.5 Å². The Kier molecular flexibility index (Phi) is 7.81. The van der Waals surface area contributed by atoms with E-state index in [9.17, 15) is 14.7 Å². The van der Waals surface area contributed by atoms with Crippen molar-refractivity contribution in [2.75, 3.05) is 18.5 Å². The van der Waals surface area contributed by atoms with E-state index in [-0.39, 0.29) is 29.2 Å². The number of nitrogens with zero attached hydrogens (tertiary/aromatic N) is 3. The van der Waals surface area contributed by atoms with Crippen molar-refractivity contribution in [3.63, 3.8) is 0 Å². The second-order valence-electron chi connectivity index (χ2n) is 12.3. The first kappa shape index (κ1) is 29.3. The van der Waals surface area contributed by atoms with Crippen LogP contribution in [0, 0.1) is 25.1 Å². The maximum Gasteiger partial charge on any atom is 0.412 e. The summed E-state index contributed by atoms with van der Waals surface area (Å²) in [5, 5.41) is 17.4. The van der Waals surface area contributed by atoms with Gasteiger partial charge in [-0.05, 0) is 64.5 Å². The Morgan fingerprint density at radius 2 is 1.90 bits per heavy atom. The van der Waals surface area contributed by atoms with Crippen LogP contribution in [0.2, 0.25) is 0 Å². The van der Waals surface area contributed by atoms with E-state index in [1.165, 1.54) is 10.6 Å². The number of benzene rings is 1. The van der Waals surface area contributed by atoms with Gasteiger partial charge >= 0.3 is 12.1 Å². The van der Waals surface area contributed by atoms with E-state index in [0.717, 1.165) is 17.5 Å². The van der Waals surface area contributed by atoms with Crippen LogP contribution in [-0.2, 0) is 20.7 Å². The zero-order valence-corrected chi connectivity index (χ0v) is 24.3. The van der Waals surface area contributed by atoms with Crippen molar-refractivity contribution in [1.29, 1.82) is 0 Å². The maximum atomic E-state index is 15.4. The van der Waals surface area contributed by atoms with E-state index in [4.69, 9.17) is 14.2 Å². The summed E-state index contributed by atoms with van der Waals surface area (Å²) in [5.41, 5.74) is 2.08. The third kappa shape index (κ3) is 6.19. The van der Waals surface area contributed by atoms with Crippen LogP contribution < -0.4 is 10.1 Å². The lowest BCUT2D eigenvalue weighted by Gasteiger charge is -2.28. The molecule has 2 N–H and O–H groups in total. The number of amides is 1. The predicted octanol–water partition coefficient (Wildman–Crippen LogP) is 6.01. The summed E-state index contributed by atoms with van der Waals surface area (Å²) in [6, 6.07) is 2.88. The zero-order chi connectivity index (χ0) is 29.6. The molecule has 0 spiro atoms. The Morgan fingerprint density at radius 3 is 2.52 bits per heavy atom. The minimum atomic E-state index is -1.43. The molecule has 1 atom stereocenters. The molecule has 40 heavy (non-hydrogen) atoms. The lowest BCUT2D eigenvalue weighted by atomic mass is 9.91. The Hall–Kier alpha value is -3.73. The molecule has 0 aliphatic carbocycles. The first-order valence-electron chi connectivity index (χ1n) is 13.3. The molecule has 4 rings (SSSR count). The number of carboxylic acid groups (broad SMARTS) is 1. The van der Waals surface area contributed by atoms with E-state index in [1.807, 2.05) is 27.7 Å². The second-order valence-corrected chi connectivity index (χ2v) is 12.3. The van der Waals surface area contributed by atoms with Crippen molar-refractivity contribution < 1.29 is 33.3 Å². The van der Waals surface area contributed by atoms with Crippen LogP contribution in [0.25, 0.3) is 16.9 Å². The summed E-state index contributed by atoms with van der Waals surface area (Å²) in [4.78, 5) is 29.7. The monoisotopic (exact) mass is 556 g/mol. The molecular formula is C29H37FN4O6. The van der Waals surface area contributed by atoms with Crippen molar-refractivity contribution >= 4 is 23.5 Å². The number of aliphatic carboxylic acids is 1. The number of carbonyl (C=O) groups is 2. The van der Waals surface area contributed by atoms with Gasteiger partial charge in [0, 0.05) is 28.5 Å². The van der Waals surface area contributed by atoms with Gasteiger partial charge in [0.15, 0.2) is 29.1 Å². The highest BCUT2D eigenvalue weighted by molar-refractivity contribution is 5.85. The fourth-order valence-corrected chi connectivity index (χ4v) is 4.68. The minimum Gasteiger partial charge on any atom is -0.490 e. The molecule has 3 heterocycles. The van der Waals surface area contributed by atoms with Gasteiger partial charge < -0.3 is 19.3 Å². The number of hydrogen-bond acceptors (Lipinski definition) is 7. The molecule has 0 unspecified atom stereocenters. The number of ether oxygens (including phenoxy) is 3. The van der Waals surface area contributed by atoms with Crippen LogP contribution in [0.1, 0.15) is 76.5 Å². The quantitative estimate of drug-likeness (QED) is 0.378. The molecule has 1 aliphatic rings. The molecule has 0 fully saturated rings. The first-order chi connectivity index (χ1) is 18.6. The van der Waals surface area contributed by atoms with Crippen LogP contribution in [0.3, 0.4) is 0 Å². The average Bonchev–Trinajstić information content (AvgIpc) is 3.23. The summed E-state index contributed by atoms with van der Waals surface area (Å²) >= 11 is 0. The van der Waals surface area contributed by atoms with Gasteiger partial charge in [0.2, 0.25) is 0 Å². The van der Waals surface area contributed by atoms with Gasteiger partial charge in [-0.15, -0.1) is 5.10 Å². The molecule has 11 heteroatoms. The molecule has 0 saturated carbocycles. The SMILES string of the molecule is Cc1nc2cc(NC(=O)OCC(C)(C)C)nn2c(-c2cc(F)c3c(c2C)CCCO3)c1[C@H](OC(C)(C)C)C(=O)O. The minimum absolute atomic E-state index is 0.146. The molecule has 3 aromatic rings. The largest absolute Gasteiger partial charge is 0.490 e. The number of halogens is 1. The molecular weight excluding hydrogens is 519 g/mol. The van der Waals surface area contributed by atoms with Gasteiger partial charge in [-0.2, -0.15) is 0 Å². The molecule has 1 amide bonds. The topological polar surface area (TPSA) is 124 Å². The average molecular weight is 557 g/mol. The van der Waals surface area contributed by atoms with Crippen molar-refractivity contribution in [2.24, 2.45) is 5.41 Å². The number of rotatable bonds is 6. The molecule has 216 valence electrons. The van der Waals surface area contributed by atoms with E-state index in [1.54, 1.807) is 33.8 Å². The van der Waals surface area contributed by atoms with Crippen LogP contribution in [-0.4, -0.2) is 50.6 Å². The molecule has 1 aliphatic heterocycles. The summed E-state index contributed by atoms with van der Waals surface area (Å²) in [5.74, 6) is -1.42. The van der Waals surface area contributed by atoms with Gasteiger partial charge in [-0.3, -0.25) is 5.32 Å². The summed E-state index contributed by atoms with van der Waals surface area (Å²) in [7, 11) is 0. The van der Waals surface area contributed by atoms with Crippen molar-refractivity contribution in [1.82, 2.24) is 14.6 Å². The lowest BCUT2D eigenvalue weighted by molar-refractivity contribution is -0.160. The smallest absolute Gasteiger partial charge is 0.412 e. The fraction of sp³-hybridized carbons (Fsp3) is 0.517. The second kappa shape index (κ2) is 10.7. The normalized spacial score (nSPS) is 14.4. The zero-order valence-electron chi connectivity index (χ0n) is 24.3. The van der Waals surface area contributed by atoms with E-state index >= 15 is 4.39 Å². The summed E-state index contributed by atoms with van der Waals surface area (Å²) in [6.07, 6.45) is -0.782. The molecule has 0 saturated heterocycles. The van der Waals surface area contributed by atoms with E-state index < -0.39 is 29.6 Å². The number of aromatic nitrogens is 3. The number of nitrogens with one attached hydrogen (secondary N) is 1. The van der Waals surface area contributed by atoms with Gasteiger partial charge in [0.1, 0.15) is 0 Å². The maximum absolute atomic E-state index is 15.4. The highest BCUT2D eigenvalue weighted by Gasteiger charge is 2.34. The first-order valence-corrected chi connectivity index (χ1v) is 13.3. The fourth-order valence-electron chi connectivity index (χ4n) is 4.68. The van der Waals surface area contributed by atoms with Crippen molar-refractivity contribution in [2.45, 2.75) is 79.9 Å². The van der Waals surface area contributed by atoms with Crippen molar-refractivity contribution in [3.05, 3.63) is 40.3 Å². The van der Waals surface area contributed by atoms with Crippen LogP contribution in [0.4, 0.5) is 15.0 Å². The number of anilines is 1. The van der Waals surface area contributed by atoms with Crippen LogP contribution >= 0.6 is 0 Å². The summed E-state index contributed by atoms with van der Waals surface area (Å²) in [6.45, 7) is 15.2. The van der Waals surface area contributed by atoms with Gasteiger partial charge in [-0.1, -0.05) is 20.8 Å². The van der Waals surface area contributed by atoms with E-state index in [2.05, 4.69) is 15.4 Å². The molecule has 2 aromatic heterocycles. The highest BCUT2D eigenvalue weighted by atomic mass is 19.1. The Morgan fingerprint density at radius 1 is 1.20 bits per heavy atom. The molecule has 0 radical (unpaired) electrons. The molecule has 0 bridgehead atoms. The van der Waals surface area contributed by atoms with Gasteiger partial charge in [0.25, 0.3) is 0 Å². The predicted molar refractivity (Wildman–Crippen MR) is 147 cm³/mol. The summed E-state index contributed by atoms with van der Waals surface area (Å²) < 4.78 is 33.8. The standard InChI is InChI=1S/C29H37FN4O6/c1-15-17-10-9-11-38-24(17)19(30)12-18(15)23-22(25(26(35)36)40-29(6,7)8)16(2)31-21-13-20(33-34(21)23)32-27(37)39-14-28(3,4)5/h12-13,25H,9-11,14H2,1-8H3,(H,35,36)(H,32,33,37)/t25-/m0/s1. The van der Waals surface area contributed by atoms with Crippen molar-refractivity contribution in [3.8, 4) is 17.0 Å². The molecule has 10 nitrogen and oxygen atoms in total. The third-order valence-corrected chi connectivity index (χ3v) is 6.35. The number of fused-ring (bicyclic) bond motifs is 2. The third-order valence-electron chi connectivity index (χ3n) is 6.35. The Bertz CT molecular complexity index is 1470. The van der Waals surface area contributed by atoms with E-state index in [0.29, 0.717) is 35.6 Å². The Labute approximate surface area is 232 Å². The Balaban J connectivity index is 1.96. The number of carbonyl (C=O) groups excluding carboxylic acids is 1. The number of carboxylic acids is 1.